The first-order chi connectivity index (χ1) is 29.1. The molecule has 15 nitrogen and oxygen atoms in total. The third-order valence-corrected chi connectivity index (χ3v) is 10.7. The Morgan fingerprint density at radius 2 is 1.13 bits per heavy atom. The molecule has 334 valence electrons. The predicted molar refractivity (Wildman–Crippen MR) is 235 cm³/mol. The number of carbonyl (C=O) groups is 4. The molecule has 5 aromatic rings. The van der Waals surface area contributed by atoms with Crippen molar-refractivity contribution in [3.8, 4) is 0 Å². The molecule has 2 amide bonds. The Morgan fingerprint density at radius 3 is 1.68 bits per heavy atom. The summed E-state index contributed by atoms with van der Waals surface area (Å²) < 4.78 is 55.0. The Hall–Kier alpha value is -5.55. The van der Waals surface area contributed by atoms with Gasteiger partial charge in [0.1, 0.15) is 17.2 Å². The van der Waals surface area contributed by atoms with E-state index in [1.807, 2.05) is 51.1 Å². The van der Waals surface area contributed by atoms with Gasteiger partial charge in [-0.3, -0.25) is 22.9 Å². The number of rotatable bonds is 17. The number of aryl methyl sites for hydroxylation is 3. The second-order valence-corrected chi connectivity index (χ2v) is 18.8. The topological polar surface area (TPSA) is 182 Å². The number of benzene rings is 3. The van der Waals surface area contributed by atoms with Gasteiger partial charge in [0.05, 0.1) is 55.4 Å². The molecule has 0 aliphatic heterocycles. The molecule has 2 N–H and O–H groups in total. The lowest BCUT2D eigenvalue weighted by Gasteiger charge is -2.20. The van der Waals surface area contributed by atoms with Crippen LogP contribution in [0.2, 0.25) is 0 Å². The highest BCUT2D eigenvalue weighted by atomic mass is 32.2. The number of amides is 2. The van der Waals surface area contributed by atoms with Crippen LogP contribution in [0.15, 0.2) is 78.0 Å². The standard InChI is InChI=1S/C46H58N4O11S/c1-30-10-14-35(15-11-30)62(55,56)59-23-22-58-21-20-57-19-18-47-42(52)38(26-33-28-49(43(53)60-45(4,5)6)39-16-12-31(2)24-36(33)39)48-41(51)27-34-29-50(44(54)61-46(7,8)9)40-17-13-32(3)25-37(34)40/h10-17,24-25,28-29,38H,18-23,26-27H2,1-9H3,(H,47,52)(H,48,51)/t38-/m0/s1. The Labute approximate surface area is 363 Å². The monoisotopic (exact) mass is 874 g/mol. The molecule has 5 rings (SSSR count). The van der Waals surface area contributed by atoms with E-state index >= 15 is 0 Å². The molecule has 0 fully saturated rings. The lowest BCUT2D eigenvalue weighted by atomic mass is 10.0. The fourth-order valence-corrected chi connectivity index (χ4v) is 7.46. The van der Waals surface area contributed by atoms with E-state index in [1.54, 1.807) is 72.1 Å². The molecule has 1 atom stereocenters. The summed E-state index contributed by atoms with van der Waals surface area (Å²) in [4.78, 5) is 54.5. The molecule has 0 radical (unpaired) electrons. The number of hydrogen-bond donors (Lipinski definition) is 2. The number of hydrogen-bond acceptors (Lipinski definition) is 11. The Bertz CT molecular complexity index is 2510. The largest absolute Gasteiger partial charge is 0.443 e. The number of carbonyl (C=O) groups excluding carboxylic acids is 4. The van der Waals surface area contributed by atoms with Crippen molar-refractivity contribution in [3.63, 3.8) is 0 Å². The minimum atomic E-state index is -3.90. The van der Waals surface area contributed by atoms with Gasteiger partial charge in [-0.2, -0.15) is 8.42 Å². The Morgan fingerprint density at radius 1 is 0.645 bits per heavy atom. The zero-order valence-electron chi connectivity index (χ0n) is 37.0. The lowest BCUT2D eigenvalue weighted by molar-refractivity contribution is -0.128. The highest BCUT2D eigenvalue weighted by Crippen LogP contribution is 2.27. The normalized spacial score (nSPS) is 12.7. The van der Waals surface area contributed by atoms with E-state index in [0.29, 0.717) is 27.5 Å². The van der Waals surface area contributed by atoms with E-state index in [0.717, 1.165) is 22.1 Å². The summed E-state index contributed by atoms with van der Waals surface area (Å²) in [5.41, 5.74) is 3.67. The van der Waals surface area contributed by atoms with Gasteiger partial charge in [0.25, 0.3) is 10.1 Å². The number of aromatic nitrogens is 2. The molecule has 2 heterocycles. The van der Waals surface area contributed by atoms with Gasteiger partial charge >= 0.3 is 12.2 Å². The fourth-order valence-electron chi connectivity index (χ4n) is 6.57. The number of fused-ring (bicyclic) bond motifs is 2. The molecule has 0 saturated heterocycles. The molecule has 3 aromatic carbocycles. The third-order valence-electron chi connectivity index (χ3n) is 9.39. The maximum Gasteiger partial charge on any atom is 0.419 e. The summed E-state index contributed by atoms with van der Waals surface area (Å²) in [7, 11) is -3.90. The zero-order chi connectivity index (χ0) is 45.4. The quantitative estimate of drug-likeness (QED) is 0.0732. The van der Waals surface area contributed by atoms with Crippen LogP contribution >= 0.6 is 0 Å². The lowest BCUT2D eigenvalue weighted by Crippen LogP contribution is -2.49. The van der Waals surface area contributed by atoms with Gasteiger partial charge in [-0.25, -0.2) is 9.59 Å². The molecular weight excluding hydrogens is 817 g/mol. The van der Waals surface area contributed by atoms with Crippen LogP contribution in [0.3, 0.4) is 0 Å². The Balaban J connectivity index is 1.26. The van der Waals surface area contributed by atoms with Crippen molar-refractivity contribution in [3.05, 3.63) is 101 Å². The van der Waals surface area contributed by atoms with Gasteiger partial charge in [0.2, 0.25) is 11.8 Å². The minimum absolute atomic E-state index is 0.0254. The van der Waals surface area contributed by atoms with E-state index in [-0.39, 0.29) is 57.3 Å². The number of nitrogens with one attached hydrogen (secondary N) is 2. The number of nitrogens with zero attached hydrogens (tertiary/aromatic N) is 2. The zero-order valence-corrected chi connectivity index (χ0v) is 37.8. The van der Waals surface area contributed by atoms with Crippen molar-refractivity contribution in [2.45, 2.75) is 97.3 Å². The smallest absolute Gasteiger partial charge is 0.419 e. The van der Waals surface area contributed by atoms with Gasteiger partial charge < -0.3 is 29.6 Å². The fraction of sp³-hybridized carbons (Fsp3) is 0.435. The first kappa shape index (κ1) is 47.5. The minimum Gasteiger partial charge on any atom is -0.443 e. The van der Waals surface area contributed by atoms with Crippen LogP contribution in [-0.2, 0) is 55.7 Å². The Kier molecular flexibility index (Phi) is 15.4. The SMILES string of the molecule is Cc1ccc(S(=O)(=O)OCCOCCOCCNC(=O)[C@H](Cc2cn(C(=O)OC(C)(C)C)c3ccc(C)cc23)NC(=O)Cc2cn(C(=O)OC(C)(C)C)c3ccc(C)cc23)cc1. The second-order valence-electron chi connectivity index (χ2n) is 17.2. The molecule has 0 spiro atoms. The summed E-state index contributed by atoms with van der Waals surface area (Å²) in [5.74, 6) is -0.950. The molecule has 0 bridgehead atoms. The van der Waals surface area contributed by atoms with Crippen LogP contribution in [0.25, 0.3) is 21.8 Å². The molecule has 0 aliphatic rings. The van der Waals surface area contributed by atoms with Crippen molar-refractivity contribution >= 4 is 55.9 Å². The van der Waals surface area contributed by atoms with Gasteiger partial charge in [-0.1, -0.05) is 41.0 Å². The molecule has 16 heteroatoms. The van der Waals surface area contributed by atoms with Gasteiger partial charge in [0.15, 0.2) is 0 Å². The van der Waals surface area contributed by atoms with E-state index in [4.69, 9.17) is 23.1 Å². The van der Waals surface area contributed by atoms with E-state index in [9.17, 15) is 27.6 Å². The summed E-state index contributed by atoms with van der Waals surface area (Å²) in [6, 6.07) is 16.4. The van der Waals surface area contributed by atoms with Gasteiger partial charge in [-0.15, -0.1) is 0 Å². The summed E-state index contributed by atoms with van der Waals surface area (Å²) in [5, 5.41) is 7.18. The summed E-state index contributed by atoms with van der Waals surface area (Å²) >= 11 is 0. The van der Waals surface area contributed by atoms with Crippen LogP contribution in [0.4, 0.5) is 9.59 Å². The van der Waals surface area contributed by atoms with Crippen molar-refractivity contribution in [1.29, 1.82) is 0 Å². The van der Waals surface area contributed by atoms with Crippen LogP contribution in [0.5, 0.6) is 0 Å². The maximum atomic E-state index is 13.9. The molecule has 2 aromatic heterocycles. The van der Waals surface area contributed by atoms with E-state index in [2.05, 4.69) is 10.6 Å². The molecule has 0 unspecified atom stereocenters. The second kappa shape index (κ2) is 20.1. The summed E-state index contributed by atoms with van der Waals surface area (Å²) in [6.45, 7) is 16.8. The molecule has 62 heavy (non-hydrogen) atoms. The van der Waals surface area contributed by atoms with Gasteiger partial charge in [-0.05, 0) is 110 Å². The molecular formula is C46H58N4O11S. The van der Waals surface area contributed by atoms with Gasteiger partial charge in [0, 0.05) is 36.1 Å². The first-order valence-electron chi connectivity index (χ1n) is 20.5. The van der Waals surface area contributed by atoms with E-state index < -0.39 is 51.4 Å². The van der Waals surface area contributed by atoms with Crippen molar-refractivity contribution in [2.75, 3.05) is 39.6 Å². The first-order valence-corrected chi connectivity index (χ1v) is 21.9. The molecule has 0 aliphatic carbocycles. The van der Waals surface area contributed by atoms with Crippen LogP contribution in [0, 0.1) is 20.8 Å². The van der Waals surface area contributed by atoms with Crippen LogP contribution in [0.1, 0.15) is 69.4 Å². The highest BCUT2D eigenvalue weighted by Gasteiger charge is 2.27. The number of ether oxygens (including phenoxy) is 4. The average molecular weight is 875 g/mol. The maximum absolute atomic E-state index is 13.9. The van der Waals surface area contributed by atoms with Crippen molar-refractivity contribution in [2.24, 2.45) is 0 Å². The van der Waals surface area contributed by atoms with Crippen LogP contribution < -0.4 is 10.6 Å². The highest BCUT2D eigenvalue weighted by molar-refractivity contribution is 7.86. The van der Waals surface area contributed by atoms with E-state index in [1.165, 1.54) is 21.3 Å². The predicted octanol–water partition coefficient (Wildman–Crippen LogP) is 6.91. The van der Waals surface area contributed by atoms with Crippen LogP contribution in [-0.4, -0.2) is 98.4 Å². The summed E-state index contributed by atoms with van der Waals surface area (Å²) in [6.07, 6.45) is 1.94. The average Bonchev–Trinajstić information content (AvgIpc) is 3.71. The molecule has 0 saturated carbocycles. The van der Waals surface area contributed by atoms with Crippen molar-refractivity contribution in [1.82, 2.24) is 19.8 Å². The van der Waals surface area contributed by atoms with Crippen molar-refractivity contribution < 1.29 is 50.7 Å². The third kappa shape index (κ3) is 13.2.